The van der Waals surface area contributed by atoms with E-state index in [0.29, 0.717) is 13.0 Å². The number of carbonyl (C=O) groups excluding carboxylic acids is 2. The number of amides is 2. The van der Waals surface area contributed by atoms with E-state index in [1.165, 1.54) is 5.69 Å². The number of rotatable bonds is 8. The van der Waals surface area contributed by atoms with Gasteiger partial charge in [-0.15, -0.1) is 0 Å². The first kappa shape index (κ1) is 24.3. The number of hydrogen-bond acceptors (Lipinski definition) is 4. The first-order valence-electron chi connectivity index (χ1n) is 12.6. The second-order valence-corrected chi connectivity index (χ2v) is 9.86. The van der Waals surface area contributed by atoms with Crippen molar-refractivity contribution in [3.05, 3.63) is 35.5 Å². The first-order chi connectivity index (χ1) is 16.3. The van der Waals surface area contributed by atoms with Crippen LogP contribution in [0.15, 0.2) is 24.3 Å². The summed E-state index contributed by atoms with van der Waals surface area (Å²) in [6.07, 6.45) is 5.71. The van der Waals surface area contributed by atoms with E-state index in [1.807, 2.05) is 30.0 Å². The predicted octanol–water partition coefficient (Wildman–Crippen LogP) is 2.60. The maximum absolute atomic E-state index is 13.5. The largest absolute Gasteiger partial charge is 0.384 e. The highest BCUT2D eigenvalue weighted by Gasteiger charge is 2.39. The Kier molecular flexibility index (Phi) is 7.26. The van der Waals surface area contributed by atoms with E-state index in [0.717, 1.165) is 68.1 Å². The lowest BCUT2D eigenvalue weighted by Crippen LogP contribution is -2.50. The molecule has 5 N–H and O–H groups in total. The standard InChI is InChI=1S/C26H38N6O2/c1-3-30-21(15-18-8-9-19(25(28)29)16-23(18)30)11-10-20-6-4-12-31(20)26(34)22-7-5-13-32(22)24(33)14-17(2)27/h8-9,15-17,20,22H,3-7,10-14,27H2,1-2H3,(H3,28,29)/t17?,20-,22+/m0/s1. The maximum Gasteiger partial charge on any atom is 0.245 e. The number of nitrogens with zero attached hydrogens (tertiary/aromatic N) is 3. The minimum atomic E-state index is -0.334. The lowest BCUT2D eigenvalue weighted by molar-refractivity contribution is -0.144. The zero-order chi connectivity index (χ0) is 24.4. The minimum absolute atomic E-state index is 0.000935. The molecular weight excluding hydrogens is 428 g/mol. The number of fused-ring (bicyclic) bond motifs is 1. The molecule has 2 amide bonds. The Labute approximate surface area is 201 Å². The van der Waals surface area contributed by atoms with E-state index in [9.17, 15) is 9.59 Å². The number of aryl methyl sites for hydroxylation is 2. The Morgan fingerprint density at radius 2 is 1.88 bits per heavy atom. The molecule has 1 aromatic carbocycles. The van der Waals surface area contributed by atoms with Crippen LogP contribution in [0.25, 0.3) is 10.9 Å². The maximum atomic E-state index is 13.5. The number of aromatic nitrogens is 1. The Morgan fingerprint density at radius 1 is 1.15 bits per heavy atom. The number of benzene rings is 1. The highest BCUT2D eigenvalue weighted by molar-refractivity contribution is 5.98. The van der Waals surface area contributed by atoms with Gasteiger partial charge >= 0.3 is 0 Å². The molecule has 0 bridgehead atoms. The molecule has 2 aromatic rings. The summed E-state index contributed by atoms with van der Waals surface area (Å²) in [6, 6.07) is 7.81. The molecule has 34 heavy (non-hydrogen) atoms. The summed E-state index contributed by atoms with van der Waals surface area (Å²) in [5.41, 5.74) is 14.6. The molecule has 4 rings (SSSR count). The third kappa shape index (κ3) is 4.82. The lowest BCUT2D eigenvalue weighted by Gasteiger charge is -2.32. The van der Waals surface area contributed by atoms with Crippen LogP contribution in [0.3, 0.4) is 0 Å². The summed E-state index contributed by atoms with van der Waals surface area (Å²) in [6.45, 7) is 6.22. The van der Waals surface area contributed by atoms with Crippen molar-refractivity contribution in [2.45, 2.75) is 83.5 Å². The van der Waals surface area contributed by atoms with Gasteiger partial charge in [-0.1, -0.05) is 12.1 Å². The summed E-state index contributed by atoms with van der Waals surface area (Å²) < 4.78 is 2.29. The van der Waals surface area contributed by atoms with Gasteiger partial charge in [0.25, 0.3) is 0 Å². The van der Waals surface area contributed by atoms with Crippen molar-refractivity contribution in [3.63, 3.8) is 0 Å². The van der Waals surface area contributed by atoms with Crippen LogP contribution in [-0.4, -0.2) is 63.2 Å². The Morgan fingerprint density at radius 3 is 2.59 bits per heavy atom. The van der Waals surface area contributed by atoms with Gasteiger partial charge in [-0.2, -0.15) is 0 Å². The average molecular weight is 467 g/mol. The molecule has 1 unspecified atom stereocenters. The predicted molar refractivity (Wildman–Crippen MR) is 135 cm³/mol. The van der Waals surface area contributed by atoms with Crippen LogP contribution in [0.1, 0.15) is 63.6 Å². The van der Waals surface area contributed by atoms with Crippen LogP contribution in [0.5, 0.6) is 0 Å². The number of nitrogen functional groups attached to an aromatic ring is 1. The third-order valence-corrected chi connectivity index (χ3v) is 7.37. The third-order valence-electron chi connectivity index (χ3n) is 7.37. The van der Waals surface area contributed by atoms with Gasteiger partial charge in [0.15, 0.2) is 0 Å². The van der Waals surface area contributed by atoms with E-state index in [2.05, 4.69) is 17.6 Å². The van der Waals surface area contributed by atoms with Crippen LogP contribution < -0.4 is 11.5 Å². The van der Waals surface area contributed by atoms with Crippen LogP contribution in [0, 0.1) is 5.41 Å². The molecule has 0 spiro atoms. The number of nitrogens with two attached hydrogens (primary N) is 2. The number of likely N-dealkylation sites (tertiary alicyclic amines) is 2. The normalized spacial score (nSPS) is 21.4. The van der Waals surface area contributed by atoms with E-state index in [4.69, 9.17) is 16.9 Å². The van der Waals surface area contributed by atoms with Crippen molar-refractivity contribution in [2.75, 3.05) is 13.1 Å². The van der Waals surface area contributed by atoms with Crippen LogP contribution >= 0.6 is 0 Å². The van der Waals surface area contributed by atoms with Crippen LogP contribution in [0.2, 0.25) is 0 Å². The van der Waals surface area contributed by atoms with E-state index < -0.39 is 0 Å². The molecule has 2 aliphatic heterocycles. The molecule has 2 saturated heterocycles. The number of hydrogen-bond donors (Lipinski definition) is 3. The summed E-state index contributed by atoms with van der Waals surface area (Å²) in [4.78, 5) is 30.0. The van der Waals surface area contributed by atoms with Crippen molar-refractivity contribution in [1.82, 2.24) is 14.4 Å². The quantitative estimate of drug-likeness (QED) is 0.409. The summed E-state index contributed by atoms with van der Waals surface area (Å²) in [7, 11) is 0. The molecule has 3 atom stereocenters. The van der Waals surface area contributed by atoms with Gasteiger partial charge in [-0.3, -0.25) is 15.0 Å². The molecule has 8 heteroatoms. The second kappa shape index (κ2) is 10.2. The topological polar surface area (TPSA) is 121 Å². The molecule has 0 radical (unpaired) electrons. The zero-order valence-corrected chi connectivity index (χ0v) is 20.4. The van der Waals surface area contributed by atoms with Gasteiger partial charge in [-0.25, -0.2) is 0 Å². The molecule has 1 aromatic heterocycles. The van der Waals surface area contributed by atoms with Gasteiger partial charge in [0, 0.05) is 54.9 Å². The van der Waals surface area contributed by atoms with Gasteiger partial charge < -0.3 is 25.8 Å². The highest BCUT2D eigenvalue weighted by Crippen LogP contribution is 2.29. The van der Waals surface area contributed by atoms with E-state index >= 15 is 0 Å². The Bertz CT molecular complexity index is 1070. The Hall–Kier alpha value is -2.87. The summed E-state index contributed by atoms with van der Waals surface area (Å²) >= 11 is 0. The molecule has 3 heterocycles. The van der Waals surface area contributed by atoms with Crippen LogP contribution in [-0.2, 0) is 22.6 Å². The van der Waals surface area contributed by atoms with E-state index in [1.54, 1.807) is 4.90 Å². The fraction of sp³-hybridized carbons (Fsp3) is 0.577. The highest BCUT2D eigenvalue weighted by atomic mass is 16.2. The molecule has 0 aliphatic carbocycles. The number of nitrogens with one attached hydrogen (secondary N) is 1. The first-order valence-corrected chi connectivity index (χ1v) is 12.6. The van der Waals surface area contributed by atoms with Crippen molar-refractivity contribution in [1.29, 1.82) is 5.41 Å². The number of carbonyl (C=O) groups is 2. The smallest absolute Gasteiger partial charge is 0.245 e. The lowest BCUT2D eigenvalue weighted by atomic mass is 10.1. The van der Waals surface area contributed by atoms with Crippen LogP contribution in [0.4, 0.5) is 0 Å². The fourth-order valence-electron chi connectivity index (χ4n) is 5.71. The fourth-order valence-corrected chi connectivity index (χ4v) is 5.71. The van der Waals surface area contributed by atoms with Crippen molar-refractivity contribution >= 4 is 28.6 Å². The summed E-state index contributed by atoms with van der Waals surface area (Å²) in [5.74, 6) is 0.187. The summed E-state index contributed by atoms with van der Waals surface area (Å²) in [5, 5.41) is 8.90. The van der Waals surface area contributed by atoms with Crippen molar-refractivity contribution < 1.29 is 9.59 Å². The van der Waals surface area contributed by atoms with Gasteiger partial charge in [0.1, 0.15) is 11.9 Å². The monoisotopic (exact) mass is 466 g/mol. The van der Waals surface area contributed by atoms with E-state index in [-0.39, 0.29) is 35.8 Å². The second-order valence-electron chi connectivity index (χ2n) is 9.86. The Balaban J connectivity index is 1.46. The zero-order valence-electron chi connectivity index (χ0n) is 20.4. The van der Waals surface area contributed by atoms with Crippen molar-refractivity contribution in [3.8, 4) is 0 Å². The molecule has 8 nitrogen and oxygen atoms in total. The molecule has 184 valence electrons. The van der Waals surface area contributed by atoms with Gasteiger partial charge in [-0.05, 0) is 69.9 Å². The average Bonchev–Trinajstić information content (AvgIpc) is 3.53. The molecule has 0 saturated carbocycles. The minimum Gasteiger partial charge on any atom is -0.384 e. The molecular formula is C26H38N6O2. The van der Waals surface area contributed by atoms with Crippen molar-refractivity contribution in [2.24, 2.45) is 11.5 Å². The molecule has 2 aliphatic rings. The number of amidine groups is 1. The molecule has 2 fully saturated rings. The van der Waals surface area contributed by atoms with Gasteiger partial charge in [0.05, 0.1) is 0 Å². The van der Waals surface area contributed by atoms with Gasteiger partial charge in [0.2, 0.25) is 11.8 Å². The SMILES string of the molecule is CCn1c(CC[C@@H]2CCCN2C(=O)[C@H]2CCCN2C(=O)CC(C)N)cc2ccc(C(=N)N)cc21.